The average Bonchev–Trinajstić information content (AvgIpc) is 3.21. The van der Waals surface area contributed by atoms with Crippen LogP contribution in [0.15, 0.2) is 133 Å². The van der Waals surface area contributed by atoms with E-state index in [1.54, 1.807) is 24.3 Å². The zero-order valence-corrected chi connectivity index (χ0v) is 31.5. The third kappa shape index (κ3) is 8.90. The summed E-state index contributed by atoms with van der Waals surface area (Å²) in [6, 6.07) is 37.2. The van der Waals surface area contributed by atoms with Crippen molar-refractivity contribution in [3.8, 4) is 23.0 Å². The molecule has 0 saturated heterocycles. The number of ketones is 1. The summed E-state index contributed by atoms with van der Waals surface area (Å²) in [6.45, 7) is 6.32. The van der Waals surface area contributed by atoms with Crippen molar-refractivity contribution in [2.75, 3.05) is 12.4 Å². The molecule has 0 aliphatic heterocycles. The van der Waals surface area contributed by atoms with Gasteiger partial charge in [0.2, 0.25) is 0 Å². The molecule has 57 heavy (non-hydrogen) atoms. The van der Waals surface area contributed by atoms with Crippen molar-refractivity contribution in [2.45, 2.75) is 26.2 Å². The predicted molar refractivity (Wildman–Crippen MR) is 214 cm³/mol. The quantitative estimate of drug-likeness (QED) is 0.0839. The summed E-state index contributed by atoms with van der Waals surface area (Å²) in [7, 11) is 1.32. The van der Waals surface area contributed by atoms with E-state index in [4.69, 9.17) is 9.47 Å². The molecule has 0 fully saturated rings. The van der Waals surface area contributed by atoms with Crippen LogP contribution in [0.4, 0.5) is 5.69 Å². The van der Waals surface area contributed by atoms with Gasteiger partial charge in [0.25, 0.3) is 11.8 Å². The molecule has 11 heteroatoms. The van der Waals surface area contributed by atoms with E-state index in [1.807, 2.05) is 67.6 Å². The first-order valence-electron chi connectivity index (χ1n) is 17.8. The molecular weight excluding hydrogens is 725 g/mol. The third-order valence-electron chi connectivity index (χ3n) is 9.50. The van der Waals surface area contributed by atoms with E-state index in [9.17, 15) is 34.2 Å². The number of ether oxygens (including phenoxy) is 2. The van der Waals surface area contributed by atoms with Gasteiger partial charge in [-0.15, -0.1) is 0 Å². The molecule has 0 radical (unpaired) electrons. The molecule has 4 N–H and O–H groups in total. The van der Waals surface area contributed by atoms with Crippen molar-refractivity contribution in [1.29, 1.82) is 0 Å². The van der Waals surface area contributed by atoms with Gasteiger partial charge in [0.05, 0.1) is 22.3 Å². The van der Waals surface area contributed by atoms with Crippen LogP contribution < -0.4 is 20.1 Å². The Labute approximate surface area is 328 Å². The van der Waals surface area contributed by atoms with E-state index in [0.717, 1.165) is 46.9 Å². The number of aryl methyl sites for hydroxylation is 1. The second-order valence-corrected chi connectivity index (χ2v) is 13.7. The number of carboxylic acids is 2. The number of rotatable bonds is 13. The van der Waals surface area contributed by atoms with Crippen molar-refractivity contribution in [1.82, 2.24) is 5.32 Å². The lowest BCUT2D eigenvalue weighted by atomic mass is 9.78. The van der Waals surface area contributed by atoms with Crippen molar-refractivity contribution < 1.29 is 43.7 Å². The SMILES string of the molecule is CNC(=O)c1cc(C(=O)c2ccc(C(=O)O)c(C(=O)Nc3ccc(Oc4ccc(C(C)(C)c5ccc(Oc6ccc(C)cc6)cc5)cc4)cc3)c2)ccc1C(=O)O. The van der Waals surface area contributed by atoms with Gasteiger partial charge in [-0.1, -0.05) is 67.9 Å². The Morgan fingerprint density at radius 1 is 0.509 bits per heavy atom. The topological polar surface area (TPSA) is 168 Å². The van der Waals surface area contributed by atoms with Gasteiger partial charge in [-0.25, -0.2) is 9.59 Å². The summed E-state index contributed by atoms with van der Waals surface area (Å²) < 4.78 is 12.1. The molecule has 0 unspecified atom stereocenters. The number of benzene rings is 6. The Morgan fingerprint density at radius 2 is 0.895 bits per heavy atom. The summed E-state index contributed by atoms with van der Waals surface area (Å²) in [6.07, 6.45) is 0. The Bertz CT molecular complexity index is 2490. The number of amides is 2. The molecule has 0 saturated carbocycles. The number of carbonyl (C=O) groups is 5. The summed E-state index contributed by atoms with van der Waals surface area (Å²) in [5, 5.41) is 24.3. The maximum Gasteiger partial charge on any atom is 0.336 e. The Hall–Kier alpha value is -7.53. The fourth-order valence-electron chi connectivity index (χ4n) is 6.15. The fourth-order valence-corrected chi connectivity index (χ4v) is 6.15. The number of carbonyl (C=O) groups excluding carboxylic acids is 3. The summed E-state index contributed by atoms with van der Waals surface area (Å²) >= 11 is 0. The number of anilines is 1. The molecule has 6 aromatic carbocycles. The van der Waals surface area contributed by atoms with Crippen molar-refractivity contribution in [2.24, 2.45) is 0 Å². The predicted octanol–water partition coefficient (Wildman–Crippen LogP) is 9.14. The molecule has 11 nitrogen and oxygen atoms in total. The van der Waals surface area contributed by atoms with Crippen LogP contribution in [0.5, 0.6) is 23.0 Å². The Balaban J connectivity index is 1.12. The van der Waals surface area contributed by atoms with Gasteiger partial charge < -0.3 is 30.3 Å². The van der Waals surface area contributed by atoms with E-state index in [0.29, 0.717) is 17.2 Å². The molecule has 0 aliphatic carbocycles. The van der Waals surface area contributed by atoms with E-state index < -0.39 is 29.5 Å². The van der Waals surface area contributed by atoms with Crippen molar-refractivity contribution >= 4 is 35.2 Å². The highest BCUT2D eigenvalue weighted by Crippen LogP contribution is 2.35. The van der Waals surface area contributed by atoms with Crippen LogP contribution in [0, 0.1) is 6.92 Å². The third-order valence-corrected chi connectivity index (χ3v) is 9.50. The molecule has 0 spiro atoms. The first-order chi connectivity index (χ1) is 27.2. The molecule has 286 valence electrons. The lowest BCUT2D eigenvalue weighted by molar-refractivity contribution is 0.0683. The molecule has 0 aromatic heterocycles. The highest BCUT2D eigenvalue weighted by molar-refractivity contribution is 6.16. The Morgan fingerprint density at radius 3 is 1.30 bits per heavy atom. The Kier molecular flexibility index (Phi) is 11.3. The normalized spacial score (nSPS) is 10.9. The minimum Gasteiger partial charge on any atom is -0.478 e. The molecule has 0 heterocycles. The minimum atomic E-state index is -1.38. The fraction of sp³-hybridized carbons (Fsp3) is 0.109. The van der Waals surface area contributed by atoms with Crippen LogP contribution in [0.25, 0.3) is 0 Å². The minimum absolute atomic E-state index is 0.0306. The molecule has 0 atom stereocenters. The monoisotopic (exact) mass is 762 g/mol. The smallest absolute Gasteiger partial charge is 0.336 e. The first kappa shape index (κ1) is 39.2. The standard InChI is InChI=1S/C46H38N2O9/c1-27-5-15-33(16-6-27)56-34-17-9-30(10-18-34)46(2,3)31-11-19-35(20-12-31)57-36-21-13-32(14-22-36)48-43(51)40-26-29(8-24-38(40)45(54)55)41(49)28-7-23-37(44(52)53)39(25-28)42(50)47-4/h5-26H,1-4H3,(H,47,50)(H,48,51)(H,52,53)(H,54,55). The lowest BCUT2D eigenvalue weighted by Crippen LogP contribution is -2.22. The van der Waals surface area contributed by atoms with Gasteiger partial charge in [-0.3, -0.25) is 14.4 Å². The van der Waals surface area contributed by atoms with Gasteiger partial charge in [-0.05, 0) is 103 Å². The summed E-state index contributed by atoms with van der Waals surface area (Å²) in [5.74, 6) is -2.26. The van der Waals surface area contributed by atoms with Crippen LogP contribution >= 0.6 is 0 Å². The van der Waals surface area contributed by atoms with E-state index in [1.165, 1.54) is 24.7 Å². The van der Waals surface area contributed by atoms with Crippen molar-refractivity contribution in [3.05, 3.63) is 184 Å². The molecule has 2 amide bonds. The molecule has 0 aliphatic rings. The average molecular weight is 763 g/mol. The van der Waals surface area contributed by atoms with Crippen molar-refractivity contribution in [3.63, 3.8) is 0 Å². The molecule has 6 rings (SSSR count). The van der Waals surface area contributed by atoms with Gasteiger partial charge in [-0.2, -0.15) is 0 Å². The van der Waals surface area contributed by atoms with Gasteiger partial charge >= 0.3 is 11.9 Å². The lowest BCUT2D eigenvalue weighted by Gasteiger charge is -2.26. The van der Waals surface area contributed by atoms with Crippen LogP contribution in [-0.4, -0.2) is 46.8 Å². The second-order valence-electron chi connectivity index (χ2n) is 13.7. The zero-order valence-electron chi connectivity index (χ0n) is 31.5. The maximum absolute atomic E-state index is 13.4. The van der Waals surface area contributed by atoms with Crippen LogP contribution in [0.1, 0.15) is 87.9 Å². The number of aromatic carboxylic acids is 2. The van der Waals surface area contributed by atoms with E-state index >= 15 is 0 Å². The highest BCUT2D eigenvalue weighted by Gasteiger charge is 2.25. The molecule has 6 aromatic rings. The van der Waals surface area contributed by atoms with E-state index in [2.05, 4.69) is 36.6 Å². The van der Waals surface area contributed by atoms with Gasteiger partial charge in [0, 0.05) is 29.3 Å². The maximum atomic E-state index is 13.4. The summed E-state index contributed by atoms with van der Waals surface area (Å²) in [5.41, 5.74) is 2.16. The van der Waals surface area contributed by atoms with Gasteiger partial charge in [0.15, 0.2) is 5.78 Å². The largest absolute Gasteiger partial charge is 0.478 e. The molecule has 0 bridgehead atoms. The number of carboxylic acid groups (broad SMARTS) is 2. The number of nitrogens with one attached hydrogen (secondary N) is 2. The van der Waals surface area contributed by atoms with Crippen LogP contribution in [0.3, 0.4) is 0 Å². The molecular formula is C46H38N2O9. The van der Waals surface area contributed by atoms with E-state index in [-0.39, 0.29) is 38.8 Å². The second kappa shape index (κ2) is 16.5. The highest BCUT2D eigenvalue weighted by atomic mass is 16.5. The first-order valence-corrected chi connectivity index (χ1v) is 17.8. The zero-order chi connectivity index (χ0) is 40.9. The summed E-state index contributed by atoms with van der Waals surface area (Å²) in [4.78, 5) is 62.8. The number of hydrogen-bond donors (Lipinski definition) is 4. The van der Waals surface area contributed by atoms with Gasteiger partial charge in [0.1, 0.15) is 23.0 Å². The van der Waals surface area contributed by atoms with Crippen LogP contribution in [0.2, 0.25) is 0 Å². The number of hydrogen-bond acceptors (Lipinski definition) is 7. The van der Waals surface area contributed by atoms with Crippen LogP contribution in [-0.2, 0) is 5.41 Å².